The van der Waals surface area contributed by atoms with Gasteiger partial charge in [0.1, 0.15) is 0 Å². The van der Waals surface area contributed by atoms with Crippen molar-refractivity contribution in [3.8, 4) is 0 Å². The van der Waals surface area contributed by atoms with Crippen LogP contribution in [0.4, 0.5) is 11.4 Å². The second-order valence-electron chi connectivity index (χ2n) is 2.87. The van der Waals surface area contributed by atoms with Crippen molar-refractivity contribution in [3.05, 3.63) is 33.3 Å². The van der Waals surface area contributed by atoms with E-state index in [4.69, 9.17) is 11.6 Å². The number of nitro groups is 1. The molecule has 8 heteroatoms. The molecule has 0 bridgehead atoms. The largest absolute Gasteiger partial charge is 0.462 e. The first kappa shape index (κ1) is 12.9. The Labute approximate surface area is 100 Å². The lowest BCUT2D eigenvalue weighted by Crippen LogP contribution is -2.24. The summed E-state index contributed by atoms with van der Waals surface area (Å²) >= 11 is 5.70. The van der Waals surface area contributed by atoms with Crippen LogP contribution in [0.15, 0.2) is 18.2 Å². The van der Waals surface area contributed by atoms with Crippen LogP contribution in [0.3, 0.4) is 0 Å². The Hall–Kier alpha value is -2.15. The second-order valence-corrected chi connectivity index (χ2v) is 3.27. The van der Waals surface area contributed by atoms with Gasteiger partial charge >= 0.3 is 11.9 Å². The first-order valence-electron chi connectivity index (χ1n) is 4.29. The van der Waals surface area contributed by atoms with Crippen molar-refractivity contribution in [2.75, 3.05) is 12.4 Å². The molecule has 1 aromatic rings. The molecular weight excluding hydrogens is 252 g/mol. The molecule has 0 spiro atoms. The number of hydrogen-bond acceptors (Lipinski definition) is 5. The number of nitro benzene ring substituents is 1. The number of non-ortho nitro benzene ring substituents is 1. The van der Waals surface area contributed by atoms with Crippen molar-refractivity contribution >= 4 is 34.9 Å². The van der Waals surface area contributed by atoms with E-state index < -0.39 is 16.8 Å². The van der Waals surface area contributed by atoms with Crippen LogP contribution in [-0.2, 0) is 14.3 Å². The summed E-state index contributed by atoms with van der Waals surface area (Å²) in [5.74, 6) is -2.18. The van der Waals surface area contributed by atoms with Crippen LogP contribution in [-0.4, -0.2) is 23.9 Å². The maximum Gasteiger partial charge on any atom is 0.396 e. The van der Waals surface area contributed by atoms with Gasteiger partial charge in [0.15, 0.2) is 0 Å². The molecule has 0 fully saturated rings. The number of amides is 1. The maximum atomic E-state index is 11.2. The van der Waals surface area contributed by atoms with Crippen molar-refractivity contribution in [1.29, 1.82) is 0 Å². The van der Waals surface area contributed by atoms with E-state index in [0.717, 1.165) is 13.2 Å². The summed E-state index contributed by atoms with van der Waals surface area (Å²) in [4.78, 5) is 31.8. The fourth-order valence-electron chi connectivity index (χ4n) is 0.989. The lowest BCUT2D eigenvalue weighted by Gasteiger charge is -2.05. The highest BCUT2D eigenvalue weighted by Crippen LogP contribution is 2.26. The molecule has 0 saturated carbocycles. The van der Waals surface area contributed by atoms with E-state index >= 15 is 0 Å². The number of anilines is 1. The summed E-state index contributed by atoms with van der Waals surface area (Å²) in [6, 6.07) is 3.46. The molecule has 0 aliphatic carbocycles. The lowest BCUT2D eigenvalue weighted by atomic mass is 10.3. The first-order chi connectivity index (χ1) is 7.95. The normalized spacial score (nSPS) is 9.53. The van der Waals surface area contributed by atoms with Gasteiger partial charge in [0.2, 0.25) is 0 Å². The third kappa shape index (κ3) is 3.15. The minimum absolute atomic E-state index is 0.0312. The Balaban J connectivity index is 2.98. The van der Waals surface area contributed by atoms with Gasteiger partial charge in [-0.15, -0.1) is 0 Å². The molecule has 7 nitrogen and oxygen atoms in total. The number of carbonyl (C=O) groups excluding carboxylic acids is 2. The molecular formula is C9H7ClN2O5. The number of rotatable bonds is 2. The zero-order chi connectivity index (χ0) is 13.0. The number of ether oxygens (including phenoxy) is 1. The van der Waals surface area contributed by atoms with E-state index in [0.29, 0.717) is 0 Å². The Kier molecular flexibility index (Phi) is 4.00. The summed E-state index contributed by atoms with van der Waals surface area (Å²) in [6.07, 6.45) is 0. The van der Waals surface area contributed by atoms with E-state index in [2.05, 4.69) is 10.1 Å². The topological polar surface area (TPSA) is 98.5 Å². The van der Waals surface area contributed by atoms with Gasteiger partial charge in [-0.25, -0.2) is 4.79 Å². The number of nitrogens with one attached hydrogen (secondary N) is 1. The lowest BCUT2D eigenvalue weighted by molar-refractivity contribution is -0.384. The van der Waals surface area contributed by atoms with Crippen molar-refractivity contribution in [1.82, 2.24) is 0 Å². The standard InChI is InChI=1S/C9H7ClN2O5/c1-17-9(14)8(13)11-7-4-5(12(15)16)2-3-6(7)10/h2-4H,1H3,(H,11,13). The Morgan fingerprint density at radius 1 is 1.47 bits per heavy atom. The molecule has 1 aromatic carbocycles. The van der Waals surface area contributed by atoms with E-state index in [-0.39, 0.29) is 16.4 Å². The smallest absolute Gasteiger partial charge is 0.396 e. The number of carbonyl (C=O) groups is 2. The monoisotopic (exact) mass is 258 g/mol. The van der Waals surface area contributed by atoms with Crippen LogP contribution in [0.25, 0.3) is 0 Å². The summed E-state index contributed by atoms with van der Waals surface area (Å²) in [5.41, 5.74) is -0.286. The van der Waals surface area contributed by atoms with Crippen LogP contribution in [0.5, 0.6) is 0 Å². The highest BCUT2D eigenvalue weighted by Gasteiger charge is 2.17. The molecule has 1 amide bonds. The first-order valence-corrected chi connectivity index (χ1v) is 4.66. The predicted molar refractivity (Wildman–Crippen MR) is 58.8 cm³/mol. The SMILES string of the molecule is COC(=O)C(=O)Nc1cc([N+](=O)[O-])ccc1Cl. The van der Waals surface area contributed by atoms with Crippen molar-refractivity contribution < 1.29 is 19.2 Å². The average molecular weight is 259 g/mol. The van der Waals surface area contributed by atoms with Gasteiger partial charge in [0, 0.05) is 12.1 Å². The van der Waals surface area contributed by atoms with E-state index in [1.165, 1.54) is 12.1 Å². The van der Waals surface area contributed by atoms with Gasteiger partial charge in [-0.1, -0.05) is 11.6 Å². The van der Waals surface area contributed by atoms with Crippen molar-refractivity contribution in [2.45, 2.75) is 0 Å². The molecule has 1 rings (SSSR count). The van der Waals surface area contributed by atoms with Crippen molar-refractivity contribution in [2.24, 2.45) is 0 Å². The number of esters is 1. The third-order valence-corrected chi connectivity index (χ3v) is 2.11. The summed E-state index contributed by atoms with van der Waals surface area (Å²) in [7, 11) is 1.04. The average Bonchev–Trinajstić information content (AvgIpc) is 2.30. The van der Waals surface area contributed by atoms with Crippen LogP contribution >= 0.6 is 11.6 Å². The van der Waals surface area contributed by atoms with Gasteiger partial charge in [0.25, 0.3) is 5.69 Å². The molecule has 0 aromatic heterocycles. The molecule has 0 atom stereocenters. The Morgan fingerprint density at radius 3 is 2.65 bits per heavy atom. The highest BCUT2D eigenvalue weighted by atomic mass is 35.5. The summed E-state index contributed by atoms with van der Waals surface area (Å²) < 4.78 is 4.17. The fraction of sp³-hybridized carbons (Fsp3) is 0.111. The molecule has 0 saturated heterocycles. The Morgan fingerprint density at radius 2 is 2.12 bits per heavy atom. The fourth-order valence-corrected chi connectivity index (χ4v) is 1.15. The van der Waals surface area contributed by atoms with Crippen LogP contribution < -0.4 is 5.32 Å². The van der Waals surface area contributed by atoms with Crippen LogP contribution in [0, 0.1) is 10.1 Å². The quantitative estimate of drug-likeness (QED) is 0.374. The molecule has 90 valence electrons. The van der Waals surface area contributed by atoms with Gasteiger partial charge in [-0.2, -0.15) is 0 Å². The van der Waals surface area contributed by atoms with E-state index in [1.807, 2.05) is 0 Å². The van der Waals surface area contributed by atoms with E-state index in [1.54, 1.807) is 0 Å². The molecule has 0 aliphatic rings. The van der Waals surface area contributed by atoms with E-state index in [9.17, 15) is 19.7 Å². The predicted octanol–water partition coefficient (Wildman–Crippen LogP) is 1.36. The van der Waals surface area contributed by atoms with Gasteiger partial charge in [-0.05, 0) is 6.07 Å². The minimum Gasteiger partial charge on any atom is -0.462 e. The zero-order valence-corrected chi connectivity index (χ0v) is 9.35. The van der Waals surface area contributed by atoms with Crippen LogP contribution in [0.2, 0.25) is 5.02 Å². The molecule has 0 heterocycles. The van der Waals surface area contributed by atoms with Gasteiger partial charge < -0.3 is 10.1 Å². The van der Waals surface area contributed by atoms with Gasteiger partial charge in [-0.3, -0.25) is 14.9 Å². The number of methoxy groups -OCH3 is 1. The summed E-state index contributed by atoms with van der Waals surface area (Å²) in [5, 5.41) is 12.7. The molecule has 0 aliphatic heterocycles. The Bertz CT molecular complexity index is 488. The zero-order valence-electron chi connectivity index (χ0n) is 8.60. The van der Waals surface area contributed by atoms with Gasteiger partial charge in [0.05, 0.1) is 22.7 Å². The van der Waals surface area contributed by atoms with Crippen LogP contribution in [0.1, 0.15) is 0 Å². The third-order valence-electron chi connectivity index (χ3n) is 1.78. The molecule has 0 radical (unpaired) electrons. The number of benzene rings is 1. The molecule has 0 unspecified atom stereocenters. The molecule has 1 N–H and O–H groups in total. The van der Waals surface area contributed by atoms with Crippen molar-refractivity contribution in [3.63, 3.8) is 0 Å². The summed E-state index contributed by atoms with van der Waals surface area (Å²) in [6.45, 7) is 0. The highest BCUT2D eigenvalue weighted by molar-refractivity contribution is 6.39. The minimum atomic E-state index is -1.12. The maximum absolute atomic E-state index is 11.2. The second kappa shape index (κ2) is 5.26. The molecule has 17 heavy (non-hydrogen) atoms. The number of hydrogen-bond donors (Lipinski definition) is 1. The number of halogens is 1. The number of nitrogens with zero attached hydrogens (tertiary/aromatic N) is 1.